The Balaban J connectivity index is 0.00000112. The third-order valence-corrected chi connectivity index (χ3v) is 3.20. The molecule has 1 aromatic rings. The van der Waals surface area contributed by atoms with Gasteiger partial charge in [-0.3, -0.25) is 0 Å². The van der Waals surface area contributed by atoms with Gasteiger partial charge in [-0.15, -0.1) is 12.4 Å². The molecule has 1 aromatic carbocycles. The van der Waals surface area contributed by atoms with Crippen molar-refractivity contribution in [1.82, 2.24) is 0 Å². The highest BCUT2D eigenvalue weighted by atomic mass is 35.5. The normalized spacial score (nSPS) is 17.1. The molecule has 1 saturated carbocycles. The van der Waals surface area contributed by atoms with Gasteiger partial charge in [-0.1, -0.05) is 17.7 Å². The summed E-state index contributed by atoms with van der Waals surface area (Å²) in [4.78, 5) is 0. The molecule has 0 saturated heterocycles. The van der Waals surface area contributed by atoms with E-state index in [1.807, 2.05) is 0 Å². The summed E-state index contributed by atoms with van der Waals surface area (Å²) >= 11 is 0. The molecule has 84 valence electrons. The van der Waals surface area contributed by atoms with Crippen LogP contribution < -0.4 is 5.73 Å². The van der Waals surface area contributed by atoms with Crippen LogP contribution in [0.3, 0.4) is 0 Å². The molecule has 15 heavy (non-hydrogen) atoms. The second kappa shape index (κ2) is 4.54. The molecule has 0 bridgehead atoms. The highest BCUT2D eigenvalue weighted by Crippen LogP contribution is 2.41. The first-order valence-electron chi connectivity index (χ1n) is 5.43. The van der Waals surface area contributed by atoms with E-state index in [-0.39, 0.29) is 18.4 Å². The fourth-order valence-corrected chi connectivity index (χ4v) is 2.41. The lowest BCUT2D eigenvalue weighted by Crippen LogP contribution is -2.15. The zero-order valence-electron chi connectivity index (χ0n) is 9.71. The molecular formula is C13H20ClN. The summed E-state index contributed by atoms with van der Waals surface area (Å²) in [5, 5.41) is 0. The molecule has 1 atom stereocenters. The summed E-state index contributed by atoms with van der Waals surface area (Å²) in [6, 6.07) is 4.76. The van der Waals surface area contributed by atoms with Gasteiger partial charge in [-0.2, -0.15) is 0 Å². The van der Waals surface area contributed by atoms with Crippen LogP contribution in [0.4, 0.5) is 0 Å². The molecule has 0 heterocycles. The number of hydrogen-bond acceptors (Lipinski definition) is 1. The van der Waals surface area contributed by atoms with E-state index in [2.05, 4.69) is 32.9 Å². The Kier molecular flexibility index (Phi) is 3.80. The van der Waals surface area contributed by atoms with E-state index in [1.165, 1.54) is 35.1 Å². The highest BCUT2D eigenvalue weighted by Gasteiger charge is 2.31. The van der Waals surface area contributed by atoms with Crippen LogP contribution in [0.1, 0.15) is 41.1 Å². The van der Waals surface area contributed by atoms with Gasteiger partial charge in [0.2, 0.25) is 0 Å². The smallest absolute Gasteiger partial charge is 0.0328 e. The van der Waals surface area contributed by atoms with E-state index in [9.17, 15) is 0 Å². The first kappa shape index (κ1) is 12.5. The van der Waals surface area contributed by atoms with Gasteiger partial charge in [0.25, 0.3) is 0 Å². The van der Waals surface area contributed by atoms with Crippen molar-refractivity contribution in [2.75, 3.05) is 0 Å². The minimum Gasteiger partial charge on any atom is -0.324 e. The number of hydrogen-bond donors (Lipinski definition) is 1. The van der Waals surface area contributed by atoms with Crippen molar-refractivity contribution in [2.45, 2.75) is 39.7 Å². The summed E-state index contributed by atoms with van der Waals surface area (Å²) < 4.78 is 0. The van der Waals surface area contributed by atoms with E-state index >= 15 is 0 Å². The number of halogens is 1. The molecule has 1 aliphatic rings. The molecule has 1 fully saturated rings. The Morgan fingerprint density at radius 1 is 1.13 bits per heavy atom. The minimum absolute atomic E-state index is 0. The Morgan fingerprint density at radius 3 is 2.00 bits per heavy atom. The van der Waals surface area contributed by atoms with Gasteiger partial charge in [0.15, 0.2) is 0 Å². The maximum Gasteiger partial charge on any atom is 0.0328 e. The van der Waals surface area contributed by atoms with Crippen LogP contribution in [-0.2, 0) is 0 Å². The number of benzene rings is 1. The molecule has 2 heteroatoms. The summed E-state index contributed by atoms with van der Waals surface area (Å²) in [6.07, 6.45) is 2.63. The van der Waals surface area contributed by atoms with Crippen LogP contribution in [0, 0.1) is 26.7 Å². The molecular weight excluding hydrogens is 206 g/mol. The van der Waals surface area contributed by atoms with Crippen LogP contribution in [-0.4, -0.2) is 0 Å². The van der Waals surface area contributed by atoms with Crippen LogP contribution in [0.25, 0.3) is 0 Å². The zero-order valence-corrected chi connectivity index (χ0v) is 10.5. The van der Waals surface area contributed by atoms with E-state index in [1.54, 1.807) is 0 Å². The number of rotatable bonds is 2. The van der Waals surface area contributed by atoms with Crippen LogP contribution in [0.5, 0.6) is 0 Å². The van der Waals surface area contributed by atoms with Crippen molar-refractivity contribution in [3.63, 3.8) is 0 Å². The van der Waals surface area contributed by atoms with Crippen LogP contribution >= 0.6 is 12.4 Å². The Bertz CT molecular complexity index is 333. The fourth-order valence-electron chi connectivity index (χ4n) is 2.41. The molecule has 1 aliphatic carbocycles. The topological polar surface area (TPSA) is 26.0 Å². The van der Waals surface area contributed by atoms with Crippen molar-refractivity contribution in [2.24, 2.45) is 11.7 Å². The summed E-state index contributed by atoms with van der Waals surface area (Å²) in [6.45, 7) is 6.50. The lowest BCUT2D eigenvalue weighted by molar-refractivity contribution is 0.626. The van der Waals surface area contributed by atoms with Gasteiger partial charge < -0.3 is 5.73 Å². The molecule has 0 spiro atoms. The first-order chi connectivity index (χ1) is 6.59. The Morgan fingerprint density at radius 2 is 1.60 bits per heavy atom. The minimum atomic E-state index is 0. The lowest BCUT2D eigenvalue weighted by Gasteiger charge is -2.17. The van der Waals surface area contributed by atoms with Crippen LogP contribution in [0.15, 0.2) is 12.1 Å². The third-order valence-electron chi connectivity index (χ3n) is 3.20. The average molecular weight is 226 g/mol. The van der Waals surface area contributed by atoms with Gasteiger partial charge >= 0.3 is 0 Å². The molecule has 2 N–H and O–H groups in total. The maximum atomic E-state index is 6.25. The Labute approximate surface area is 98.5 Å². The summed E-state index contributed by atoms with van der Waals surface area (Å²) in [5.74, 6) is 0.745. The highest BCUT2D eigenvalue weighted by molar-refractivity contribution is 5.85. The molecule has 0 aromatic heterocycles. The molecule has 0 aliphatic heterocycles. The predicted molar refractivity (Wildman–Crippen MR) is 67.6 cm³/mol. The number of aryl methyl sites for hydroxylation is 3. The summed E-state index contributed by atoms with van der Waals surface area (Å²) in [5.41, 5.74) is 11.7. The van der Waals surface area contributed by atoms with E-state index in [4.69, 9.17) is 5.73 Å². The summed E-state index contributed by atoms with van der Waals surface area (Å²) in [7, 11) is 0. The monoisotopic (exact) mass is 225 g/mol. The third kappa shape index (κ3) is 2.53. The quantitative estimate of drug-likeness (QED) is 0.820. The first-order valence-corrected chi connectivity index (χ1v) is 5.43. The number of nitrogens with two attached hydrogens (primary N) is 1. The molecule has 1 nitrogen and oxygen atoms in total. The van der Waals surface area contributed by atoms with Gasteiger partial charge in [0.1, 0.15) is 0 Å². The average Bonchev–Trinajstić information content (AvgIpc) is 2.83. The molecule has 0 amide bonds. The SMILES string of the molecule is Cc1cc(C)c([C@@H](N)C2CC2)c(C)c1.Cl. The molecule has 0 radical (unpaired) electrons. The van der Waals surface area contributed by atoms with Gasteiger partial charge in [-0.25, -0.2) is 0 Å². The Hall–Kier alpha value is -0.530. The standard InChI is InChI=1S/C13H19N.ClH/c1-8-6-9(2)12(10(3)7-8)13(14)11-4-5-11;/h6-7,11,13H,4-5,14H2,1-3H3;1H/t13-;/m0./s1. The van der Waals surface area contributed by atoms with Gasteiger partial charge in [0, 0.05) is 6.04 Å². The van der Waals surface area contributed by atoms with E-state index in [0.717, 1.165) is 5.92 Å². The van der Waals surface area contributed by atoms with Crippen molar-refractivity contribution in [3.05, 3.63) is 34.4 Å². The largest absolute Gasteiger partial charge is 0.324 e. The second-order valence-electron chi connectivity index (χ2n) is 4.68. The van der Waals surface area contributed by atoms with Crippen molar-refractivity contribution < 1.29 is 0 Å². The lowest BCUT2D eigenvalue weighted by atomic mass is 9.92. The predicted octanol–water partition coefficient (Wildman–Crippen LogP) is 3.44. The van der Waals surface area contributed by atoms with E-state index in [0.29, 0.717) is 0 Å². The second-order valence-corrected chi connectivity index (χ2v) is 4.68. The van der Waals surface area contributed by atoms with Crippen LogP contribution in [0.2, 0.25) is 0 Å². The van der Waals surface area contributed by atoms with Crippen molar-refractivity contribution in [1.29, 1.82) is 0 Å². The van der Waals surface area contributed by atoms with Gasteiger partial charge in [-0.05, 0) is 56.2 Å². The zero-order chi connectivity index (χ0) is 10.3. The fraction of sp³-hybridized carbons (Fsp3) is 0.538. The van der Waals surface area contributed by atoms with Crippen molar-refractivity contribution in [3.8, 4) is 0 Å². The van der Waals surface area contributed by atoms with Gasteiger partial charge in [0.05, 0.1) is 0 Å². The van der Waals surface area contributed by atoms with Crippen molar-refractivity contribution >= 4 is 12.4 Å². The molecule has 0 unspecified atom stereocenters. The maximum absolute atomic E-state index is 6.25. The molecule has 2 rings (SSSR count). The van der Waals surface area contributed by atoms with E-state index < -0.39 is 0 Å².